The van der Waals surface area contributed by atoms with Gasteiger partial charge in [0.15, 0.2) is 0 Å². The summed E-state index contributed by atoms with van der Waals surface area (Å²) in [6, 6.07) is 1.94. The maximum atomic E-state index is 5.26. The Morgan fingerprint density at radius 3 is 3.10 bits per heavy atom. The molecule has 54 valence electrons. The van der Waals surface area contributed by atoms with E-state index in [0.29, 0.717) is 6.54 Å². The lowest BCUT2D eigenvalue weighted by Gasteiger charge is -1.83. The molecule has 3 nitrogen and oxygen atoms in total. The molecular formula is C7H11N3. The van der Waals surface area contributed by atoms with E-state index in [0.717, 1.165) is 5.69 Å². The van der Waals surface area contributed by atoms with Crippen LogP contribution in [0.25, 0.3) is 6.08 Å². The molecule has 0 aliphatic rings. The average molecular weight is 137 g/mol. The summed E-state index contributed by atoms with van der Waals surface area (Å²) < 4.78 is 1.76. The normalized spacial score (nSPS) is 11.0. The van der Waals surface area contributed by atoms with Gasteiger partial charge in [0.25, 0.3) is 0 Å². The molecule has 0 saturated heterocycles. The molecular weight excluding hydrogens is 126 g/mol. The Bertz CT molecular complexity index is 225. The second-order valence-corrected chi connectivity index (χ2v) is 2.05. The zero-order chi connectivity index (χ0) is 7.40. The zero-order valence-corrected chi connectivity index (χ0v) is 5.99. The molecule has 3 heteroatoms. The fourth-order valence-corrected chi connectivity index (χ4v) is 0.711. The number of nitrogens with zero attached hydrogens (tertiary/aromatic N) is 2. The minimum atomic E-state index is 0.566. The van der Waals surface area contributed by atoms with Crippen LogP contribution < -0.4 is 5.73 Å². The summed E-state index contributed by atoms with van der Waals surface area (Å²) in [6.45, 7) is 0.566. The van der Waals surface area contributed by atoms with E-state index >= 15 is 0 Å². The van der Waals surface area contributed by atoms with Gasteiger partial charge < -0.3 is 5.73 Å². The van der Waals surface area contributed by atoms with Gasteiger partial charge in [0.05, 0.1) is 5.69 Å². The first-order valence-corrected chi connectivity index (χ1v) is 3.19. The highest BCUT2D eigenvalue weighted by Crippen LogP contribution is 1.95. The maximum absolute atomic E-state index is 5.26. The van der Waals surface area contributed by atoms with E-state index in [4.69, 9.17) is 5.73 Å². The summed E-state index contributed by atoms with van der Waals surface area (Å²) in [4.78, 5) is 0. The fourth-order valence-electron chi connectivity index (χ4n) is 0.711. The van der Waals surface area contributed by atoms with Crippen LogP contribution in [-0.4, -0.2) is 16.3 Å². The molecule has 0 fully saturated rings. The van der Waals surface area contributed by atoms with Crippen molar-refractivity contribution in [1.29, 1.82) is 0 Å². The van der Waals surface area contributed by atoms with Crippen LogP contribution in [0.3, 0.4) is 0 Å². The number of nitrogens with two attached hydrogens (primary N) is 1. The SMILES string of the molecule is Cn1ccc(/C=C/CN)n1. The molecule has 10 heavy (non-hydrogen) atoms. The lowest BCUT2D eigenvalue weighted by Crippen LogP contribution is -1.92. The van der Waals surface area contributed by atoms with Crippen LogP contribution in [0.1, 0.15) is 5.69 Å². The van der Waals surface area contributed by atoms with Gasteiger partial charge in [0.1, 0.15) is 0 Å². The van der Waals surface area contributed by atoms with E-state index in [1.807, 2.05) is 31.5 Å². The topological polar surface area (TPSA) is 43.8 Å². The Labute approximate surface area is 60.1 Å². The van der Waals surface area contributed by atoms with E-state index in [1.165, 1.54) is 0 Å². The van der Waals surface area contributed by atoms with Crippen LogP contribution in [0.15, 0.2) is 18.3 Å². The van der Waals surface area contributed by atoms with Crippen molar-refractivity contribution in [2.24, 2.45) is 12.8 Å². The molecule has 1 rings (SSSR count). The first kappa shape index (κ1) is 7.02. The largest absolute Gasteiger partial charge is 0.327 e. The van der Waals surface area contributed by atoms with Gasteiger partial charge >= 0.3 is 0 Å². The van der Waals surface area contributed by atoms with Gasteiger partial charge in [0, 0.05) is 19.8 Å². The second-order valence-electron chi connectivity index (χ2n) is 2.05. The van der Waals surface area contributed by atoms with Crippen molar-refractivity contribution in [1.82, 2.24) is 9.78 Å². The van der Waals surface area contributed by atoms with Crippen molar-refractivity contribution in [2.75, 3.05) is 6.54 Å². The van der Waals surface area contributed by atoms with Crippen molar-refractivity contribution >= 4 is 6.08 Å². The molecule has 0 spiro atoms. The van der Waals surface area contributed by atoms with Gasteiger partial charge in [-0.15, -0.1) is 0 Å². The van der Waals surface area contributed by atoms with Crippen molar-refractivity contribution in [2.45, 2.75) is 0 Å². The van der Waals surface area contributed by atoms with Crippen molar-refractivity contribution < 1.29 is 0 Å². The van der Waals surface area contributed by atoms with Gasteiger partial charge in [0.2, 0.25) is 0 Å². The summed E-state index contributed by atoms with van der Waals surface area (Å²) in [6.07, 6.45) is 5.68. The Kier molecular flexibility index (Phi) is 2.23. The molecule has 1 aromatic heterocycles. The molecule has 2 N–H and O–H groups in total. The summed E-state index contributed by atoms with van der Waals surface area (Å²) in [5, 5.41) is 4.12. The lowest BCUT2D eigenvalue weighted by atomic mass is 10.4. The summed E-state index contributed by atoms with van der Waals surface area (Å²) in [5.74, 6) is 0. The lowest BCUT2D eigenvalue weighted by molar-refractivity contribution is 0.764. The Balaban J connectivity index is 2.67. The van der Waals surface area contributed by atoms with Crippen LogP contribution >= 0.6 is 0 Å². The van der Waals surface area contributed by atoms with Crippen LogP contribution in [-0.2, 0) is 7.05 Å². The van der Waals surface area contributed by atoms with Crippen molar-refractivity contribution in [3.8, 4) is 0 Å². The third-order valence-corrected chi connectivity index (χ3v) is 1.16. The van der Waals surface area contributed by atoms with Crippen molar-refractivity contribution in [3.05, 3.63) is 24.0 Å². The smallest absolute Gasteiger partial charge is 0.0848 e. The number of aryl methyl sites for hydroxylation is 1. The number of aromatic nitrogens is 2. The van der Waals surface area contributed by atoms with Crippen LogP contribution in [0.2, 0.25) is 0 Å². The molecule has 1 heterocycles. The highest BCUT2D eigenvalue weighted by Gasteiger charge is 1.87. The molecule has 0 saturated carbocycles. The minimum absolute atomic E-state index is 0.566. The van der Waals surface area contributed by atoms with E-state index < -0.39 is 0 Å². The molecule has 0 radical (unpaired) electrons. The monoisotopic (exact) mass is 137 g/mol. The minimum Gasteiger partial charge on any atom is -0.327 e. The van der Waals surface area contributed by atoms with Gasteiger partial charge in [-0.3, -0.25) is 4.68 Å². The first-order valence-electron chi connectivity index (χ1n) is 3.19. The van der Waals surface area contributed by atoms with Crippen LogP contribution in [0.4, 0.5) is 0 Å². The predicted molar refractivity (Wildman–Crippen MR) is 41.3 cm³/mol. The molecule has 0 bridgehead atoms. The van der Waals surface area contributed by atoms with Crippen LogP contribution in [0.5, 0.6) is 0 Å². The Morgan fingerprint density at radius 1 is 1.80 bits per heavy atom. The van der Waals surface area contributed by atoms with Gasteiger partial charge in [-0.2, -0.15) is 5.10 Å². The molecule has 1 aromatic rings. The zero-order valence-electron chi connectivity index (χ0n) is 5.99. The summed E-state index contributed by atoms with van der Waals surface area (Å²) >= 11 is 0. The molecule has 0 aromatic carbocycles. The molecule has 0 aliphatic carbocycles. The fraction of sp³-hybridized carbons (Fsp3) is 0.286. The van der Waals surface area contributed by atoms with Gasteiger partial charge in [-0.05, 0) is 12.1 Å². The van der Waals surface area contributed by atoms with Gasteiger partial charge in [-0.1, -0.05) is 6.08 Å². The Morgan fingerprint density at radius 2 is 2.60 bits per heavy atom. The number of hydrogen-bond donors (Lipinski definition) is 1. The Hall–Kier alpha value is -1.09. The molecule has 0 atom stereocenters. The van der Waals surface area contributed by atoms with E-state index in [-0.39, 0.29) is 0 Å². The predicted octanol–water partition coefficient (Wildman–Crippen LogP) is 0.392. The highest BCUT2D eigenvalue weighted by atomic mass is 15.2. The molecule has 0 aliphatic heterocycles. The summed E-state index contributed by atoms with van der Waals surface area (Å²) in [5.41, 5.74) is 6.21. The van der Waals surface area contributed by atoms with Crippen molar-refractivity contribution in [3.63, 3.8) is 0 Å². The van der Waals surface area contributed by atoms with E-state index in [2.05, 4.69) is 5.10 Å². The third-order valence-electron chi connectivity index (χ3n) is 1.16. The first-order chi connectivity index (χ1) is 4.83. The van der Waals surface area contributed by atoms with Crippen LogP contribution in [0, 0.1) is 0 Å². The van der Waals surface area contributed by atoms with E-state index in [1.54, 1.807) is 4.68 Å². The number of hydrogen-bond acceptors (Lipinski definition) is 2. The summed E-state index contributed by atoms with van der Waals surface area (Å²) in [7, 11) is 1.89. The van der Waals surface area contributed by atoms with E-state index in [9.17, 15) is 0 Å². The third kappa shape index (κ3) is 1.70. The highest BCUT2D eigenvalue weighted by molar-refractivity contribution is 5.43. The second kappa shape index (κ2) is 3.17. The quantitative estimate of drug-likeness (QED) is 0.641. The number of rotatable bonds is 2. The molecule has 0 amide bonds. The molecule has 0 unspecified atom stereocenters. The standard InChI is InChI=1S/C7H11N3/c1-10-6-4-7(9-10)3-2-5-8/h2-4,6H,5,8H2,1H3/b3-2+. The maximum Gasteiger partial charge on any atom is 0.0848 e. The average Bonchev–Trinajstić information content (AvgIpc) is 2.31. The van der Waals surface area contributed by atoms with Gasteiger partial charge in [-0.25, -0.2) is 0 Å².